The summed E-state index contributed by atoms with van der Waals surface area (Å²) in [4.78, 5) is 11.8. The van der Waals surface area contributed by atoms with E-state index in [0.717, 1.165) is 32.1 Å². The number of halogens is 1. The molecule has 16 heavy (non-hydrogen) atoms. The largest absolute Gasteiger partial charge is 0.368 e. The van der Waals surface area contributed by atoms with Crippen molar-refractivity contribution < 1.29 is 0 Å². The average Bonchev–Trinajstić information content (AvgIpc) is 2.15. The second kappa shape index (κ2) is 6.48. The maximum atomic E-state index is 5.85. The molecule has 0 amide bonds. The van der Waals surface area contributed by atoms with E-state index in [2.05, 4.69) is 15.0 Å². The van der Waals surface area contributed by atoms with Gasteiger partial charge in [0.1, 0.15) is 5.82 Å². The van der Waals surface area contributed by atoms with E-state index in [0.29, 0.717) is 5.82 Å². The molecule has 0 saturated carbocycles. The summed E-state index contributed by atoms with van der Waals surface area (Å²) in [6, 6.07) is 0. The van der Waals surface area contributed by atoms with Gasteiger partial charge in [0.15, 0.2) is 0 Å². The third kappa shape index (κ3) is 5.11. The zero-order valence-corrected chi connectivity index (χ0v) is 10.2. The van der Waals surface area contributed by atoms with Crippen LogP contribution >= 0.6 is 11.6 Å². The molecule has 0 aromatic carbocycles. The van der Waals surface area contributed by atoms with E-state index in [-0.39, 0.29) is 17.3 Å². The molecule has 1 aromatic heterocycles. The second-order valence-electron chi connectivity index (χ2n) is 3.85. The predicted molar refractivity (Wildman–Crippen MR) is 66.1 cm³/mol. The Balaban J connectivity index is 2.26. The highest BCUT2D eigenvalue weighted by atomic mass is 35.5. The Kier molecular flexibility index (Phi) is 5.25. The van der Waals surface area contributed by atoms with Crippen LogP contribution in [-0.2, 0) is 6.42 Å². The van der Waals surface area contributed by atoms with E-state index >= 15 is 0 Å². The minimum atomic E-state index is 0.192. The Morgan fingerprint density at radius 1 is 1.06 bits per heavy atom. The fourth-order valence-electron chi connectivity index (χ4n) is 1.45. The number of nitrogens with zero attached hydrogens (tertiary/aromatic N) is 3. The van der Waals surface area contributed by atoms with E-state index in [1.54, 1.807) is 0 Å². The number of aromatic nitrogens is 3. The van der Waals surface area contributed by atoms with E-state index in [1.807, 2.05) is 6.92 Å². The first kappa shape index (κ1) is 13.0. The highest BCUT2D eigenvalue weighted by molar-refractivity contribution is 6.20. The van der Waals surface area contributed by atoms with Crippen LogP contribution in [0.5, 0.6) is 0 Å². The van der Waals surface area contributed by atoms with Gasteiger partial charge in [-0.1, -0.05) is 12.8 Å². The molecule has 0 bridgehead atoms. The topological polar surface area (TPSA) is 90.7 Å². The summed E-state index contributed by atoms with van der Waals surface area (Å²) in [6.45, 7) is 2.01. The van der Waals surface area contributed by atoms with Crippen LogP contribution in [0.15, 0.2) is 0 Å². The first-order chi connectivity index (χ1) is 7.58. The fraction of sp³-hybridized carbons (Fsp3) is 0.700. The number of hydrogen-bond acceptors (Lipinski definition) is 5. The molecule has 1 unspecified atom stereocenters. The molecule has 90 valence electrons. The van der Waals surface area contributed by atoms with Crippen molar-refractivity contribution in [1.29, 1.82) is 0 Å². The molecule has 0 spiro atoms. The average molecular weight is 244 g/mol. The van der Waals surface area contributed by atoms with Gasteiger partial charge >= 0.3 is 0 Å². The summed E-state index contributed by atoms with van der Waals surface area (Å²) < 4.78 is 0. The van der Waals surface area contributed by atoms with Crippen LogP contribution in [0.2, 0.25) is 0 Å². The lowest BCUT2D eigenvalue weighted by atomic mass is 10.1. The van der Waals surface area contributed by atoms with Gasteiger partial charge in [0, 0.05) is 11.8 Å². The highest BCUT2D eigenvalue weighted by Crippen LogP contribution is 2.10. The molecular formula is C10H18ClN5. The van der Waals surface area contributed by atoms with Gasteiger partial charge in [-0.05, 0) is 19.8 Å². The molecule has 0 fully saturated rings. The van der Waals surface area contributed by atoms with Crippen molar-refractivity contribution in [2.45, 2.75) is 44.4 Å². The van der Waals surface area contributed by atoms with Gasteiger partial charge in [-0.2, -0.15) is 15.0 Å². The van der Waals surface area contributed by atoms with Crippen molar-refractivity contribution in [3.63, 3.8) is 0 Å². The molecule has 0 radical (unpaired) electrons. The molecule has 0 aliphatic rings. The van der Waals surface area contributed by atoms with Crippen molar-refractivity contribution in [3.05, 3.63) is 5.82 Å². The maximum Gasteiger partial charge on any atom is 0.225 e. The molecule has 0 aliphatic carbocycles. The molecule has 1 aromatic rings. The fourth-order valence-corrected chi connectivity index (χ4v) is 1.61. The smallest absolute Gasteiger partial charge is 0.225 e. The summed E-state index contributed by atoms with van der Waals surface area (Å²) in [5, 5.41) is 0.253. The van der Waals surface area contributed by atoms with Gasteiger partial charge in [0.2, 0.25) is 11.9 Å². The Bertz CT molecular complexity index is 309. The Morgan fingerprint density at radius 3 is 2.25 bits per heavy atom. The van der Waals surface area contributed by atoms with Gasteiger partial charge in [-0.15, -0.1) is 11.6 Å². The minimum Gasteiger partial charge on any atom is -0.368 e. The van der Waals surface area contributed by atoms with Gasteiger partial charge in [-0.3, -0.25) is 0 Å². The second-order valence-corrected chi connectivity index (χ2v) is 4.59. The molecule has 4 N–H and O–H groups in total. The van der Waals surface area contributed by atoms with Crippen LogP contribution in [0.25, 0.3) is 0 Å². The van der Waals surface area contributed by atoms with Gasteiger partial charge in [0.25, 0.3) is 0 Å². The predicted octanol–water partition coefficient (Wildman–Crippen LogP) is 1.77. The monoisotopic (exact) mass is 243 g/mol. The minimum absolute atomic E-state index is 0.192. The lowest BCUT2D eigenvalue weighted by Gasteiger charge is -2.03. The number of aryl methyl sites for hydroxylation is 1. The molecular weight excluding hydrogens is 226 g/mol. The van der Waals surface area contributed by atoms with E-state index in [1.165, 1.54) is 0 Å². The van der Waals surface area contributed by atoms with Crippen LogP contribution < -0.4 is 11.5 Å². The first-order valence-corrected chi connectivity index (χ1v) is 5.91. The molecule has 1 atom stereocenters. The molecule has 0 aliphatic heterocycles. The lowest BCUT2D eigenvalue weighted by Crippen LogP contribution is -2.06. The number of alkyl halides is 1. The van der Waals surface area contributed by atoms with Gasteiger partial charge < -0.3 is 11.5 Å². The third-order valence-corrected chi connectivity index (χ3v) is 2.44. The van der Waals surface area contributed by atoms with Crippen molar-refractivity contribution in [2.24, 2.45) is 0 Å². The summed E-state index contributed by atoms with van der Waals surface area (Å²) in [5.74, 6) is 1.05. The third-order valence-electron chi connectivity index (χ3n) is 2.22. The van der Waals surface area contributed by atoms with Crippen LogP contribution in [0.4, 0.5) is 11.9 Å². The molecule has 1 rings (SSSR count). The standard InChI is InChI=1S/C10H18ClN5/c1-7(11)5-3-2-4-6-8-14-9(12)16-10(13)15-8/h7H,2-6H2,1H3,(H4,12,13,14,15,16). The Morgan fingerprint density at radius 2 is 1.69 bits per heavy atom. The maximum absolute atomic E-state index is 5.85. The number of nitrogens with two attached hydrogens (primary N) is 2. The quantitative estimate of drug-likeness (QED) is 0.587. The van der Waals surface area contributed by atoms with Gasteiger partial charge in [0.05, 0.1) is 0 Å². The summed E-state index contributed by atoms with van der Waals surface area (Å²) in [5.41, 5.74) is 10.9. The van der Waals surface area contributed by atoms with Crippen molar-refractivity contribution in [3.8, 4) is 0 Å². The molecule has 1 heterocycles. The molecule has 0 saturated heterocycles. The number of hydrogen-bond donors (Lipinski definition) is 2. The van der Waals surface area contributed by atoms with Crippen LogP contribution in [0.3, 0.4) is 0 Å². The number of anilines is 2. The number of rotatable bonds is 6. The van der Waals surface area contributed by atoms with E-state index < -0.39 is 0 Å². The number of nitrogen functional groups attached to an aromatic ring is 2. The summed E-state index contributed by atoms with van der Waals surface area (Å²) >= 11 is 5.85. The lowest BCUT2D eigenvalue weighted by molar-refractivity contribution is 0.625. The molecule has 6 heteroatoms. The normalized spacial score (nSPS) is 12.6. The highest BCUT2D eigenvalue weighted by Gasteiger charge is 2.02. The van der Waals surface area contributed by atoms with E-state index in [9.17, 15) is 0 Å². The number of unbranched alkanes of at least 4 members (excludes halogenated alkanes) is 2. The van der Waals surface area contributed by atoms with Crippen LogP contribution in [0, 0.1) is 0 Å². The summed E-state index contributed by atoms with van der Waals surface area (Å²) in [7, 11) is 0. The SMILES string of the molecule is CC(Cl)CCCCCc1nc(N)nc(N)n1. The van der Waals surface area contributed by atoms with Gasteiger partial charge in [-0.25, -0.2) is 0 Å². The van der Waals surface area contributed by atoms with Crippen molar-refractivity contribution in [2.75, 3.05) is 11.5 Å². The zero-order chi connectivity index (χ0) is 12.0. The zero-order valence-electron chi connectivity index (χ0n) is 9.49. The van der Waals surface area contributed by atoms with Crippen LogP contribution in [0.1, 0.15) is 38.4 Å². The Hall–Kier alpha value is -1.10. The van der Waals surface area contributed by atoms with Crippen molar-refractivity contribution >= 4 is 23.5 Å². The summed E-state index contributed by atoms with van der Waals surface area (Å²) in [6.07, 6.45) is 5.09. The van der Waals surface area contributed by atoms with Crippen molar-refractivity contribution in [1.82, 2.24) is 15.0 Å². The Labute approximate surface area is 101 Å². The first-order valence-electron chi connectivity index (χ1n) is 5.48. The van der Waals surface area contributed by atoms with E-state index in [4.69, 9.17) is 23.1 Å². The molecule has 5 nitrogen and oxygen atoms in total. The van der Waals surface area contributed by atoms with Crippen LogP contribution in [-0.4, -0.2) is 20.3 Å².